The highest BCUT2D eigenvalue weighted by Gasteiger charge is 1.92. The van der Waals surface area contributed by atoms with Crippen molar-refractivity contribution in [3.8, 4) is 5.75 Å². The number of nitrogens with one attached hydrogen (secondary N) is 1. The number of nitrogens with zero attached hydrogens (tertiary/aromatic N) is 1. The summed E-state index contributed by atoms with van der Waals surface area (Å²) in [5, 5.41) is 3.33. The van der Waals surface area contributed by atoms with Crippen LogP contribution in [0.5, 0.6) is 5.75 Å². The van der Waals surface area contributed by atoms with Crippen LogP contribution in [0.4, 0.5) is 0 Å². The van der Waals surface area contributed by atoms with Gasteiger partial charge in [-0.15, -0.1) is 0 Å². The highest BCUT2D eigenvalue weighted by Crippen LogP contribution is 2.04. The Labute approximate surface area is 103 Å². The van der Waals surface area contributed by atoms with Crippen LogP contribution in [0.1, 0.15) is 19.8 Å². The molecule has 17 heavy (non-hydrogen) atoms. The Morgan fingerprint density at radius 1 is 1.24 bits per heavy atom. The summed E-state index contributed by atoms with van der Waals surface area (Å²) in [7, 11) is 0. The molecule has 0 atom stereocenters. The van der Waals surface area contributed by atoms with Crippen LogP contribution in [0, 0.1) is 0 Å². The molecule has 1 rings (SSSR count). The number of aromatic nitrogens is 1. The van der Waals surface area contributed by atoms with E-state index in [1.165, 1.54) is 0 Å². The molecule has 0 spiro atoms. The zero-order valence-corrected chi connectivity index (χ0v) is 10.5. The van der Waals surface area contributed by atoms with Gasteiger partial charge in [0.2, 0.25) is 0 Å². The van der Waals surface area contributed by atoms with Gasteiger partial charge in [-0.25, -0.2) is 0 Å². The van der Waals surface area contributed by atoms with Crippen molar-refractivity contribution in [2.45, 2.75) is 19.8 Å². The third-order valence-electron chi connectivity index (χ3n) is 2.28. The van der Waals surface area contributed by atoms with Gasteiger partial charge >= 0.3 is 0 Å². The van der Waals surface area contributed by atoms with E-state index >= 15 is 0 Å². The van der Waals surface area contributed by atoms with Gasteiger partial charge in [0, 0.05) is 26.0 Å². The predicted molar refractivity (Wildman–Crippen MR) is 68.3 cm³/mol. The van der Waals surface area contributed by atoms with E-state index in [1.807, 2.05) is 19.1 Å². The summed E-state index contributed by atoms with van der Waals surface area (Å²) in [5.74, 6) is 0.825. The van der Waals surface area contributed by atoms with E-state index in [4.69, 9.17) is 9.47 Å². The molecule has 1 heterocycles. The third kappa shape index (κ3) is 7.71. The number of hydrogen-bond acceptors (Lipinski definition) is 4. The molecule has 4 heteroatoms. The Balaban J connectivity index is 1.85. The van der Waals surface area contributed by atoms with Gasteiger partial charge in [0.05, 0.1) is 6.20 Å². The fourth-order valence-electron chi connectivity index (χ4n) is 1.40. The fourth-order valence-corrected chi connectivity index (χ4v) is 1.40. The van der Waals surface area contributed by atoms with Crippen molar-refractivity contribution < 1.29 is 9.47 Å². The van der Waals surface area contributed by atoms with Gasteiger partial charge in [-0.3, -0.25) is 4.98 Å². The molecule has 0 aliphatic rings. The van der Waals surface area contributed by atoms with Crippen LogP contribution < -0.4 is 10.1 Å². The Morgan fingerprint density at radius 2 is 2.18 bits per heavy atom. The SMILES string of the molecule is CCOCCCCNCCOc1cccnc1. The Kier molecular flexibility index (Phi) is 8.24. The Hall–Kier alpha value is -1.13. The molecule has 0 aliphatic heterocycles. The molecule has 0 bridgehead atoms. The minimum atomic E-state index is 0.678. The molecule has 1 N–H and O–H groups in total. The van der Waals surface area contributed by atoms with Crippen molar-refractivity contribution in [2.24, 2.45) is 0 Å². The lowest BCUT2D eigenvalue weighted by Crippen LogP contribution is -2.22. The van der Waals surface area contributed by atoms with Gasteiger partial charge in [-0.1, -0.05) is 0 Å². The second-order valence-corrected chi connectivity index (χ2v) is 3.69. The third-order valence-corrected chi connectivity index (χ3v) is 2.28. The maximum Gasteiger partial charge on any atom is 0.137 e. The molecule has 0 unspecified atom stereocenters. The van der Waals surface area contributed by atoms with Crippen LogP contribution in [0.25, 0.3) is 0 Å². The smallest absolute Gasteiger partial charge is 0.137 e. The molecular weight excluding hydrogens is 216 g/mol. The first-order chi connectivity index (χ1) is 8.43. The highest BCUT2D eigenvalue weighted by atomic mass is 16.5. The van der Waals surface area contributed by atoms with Crippen molar-refractivity contribution in [1.82, 2.24) is 10.3 Å². The first-order valence-electron chi connectivity index (χ1n) is 6.24. The molecule has 4 nitrogen and oxygen atoms in total. The van der Waals surface area contributed by atoms with Crippen molar-refractivity contribution in [2.75, 3.05) is 32.9 Å². The lowest BCUT2D eigenvalue weighted by molar-refractivity contribution is 0.143. The van der Waals surface area contributed by atoms with E-state index in [1.54, 1.807) is 12.4 Å². The van der Waals surface area contributed by atoms with Gasteiger partial charge in [-0.2, -0.15) is 0 Å². The van der Waals surface area contributed by atoms with Crippen LogP contribution in [0.15, 0.2) is 24.5 Å². The molecule has 1 aromatic rings. The zero-order chi connectivity index (χ0) is 12.2. The number of unbranched alkanes of at least 4 members (excludes halogenated alkanes) is 1. The van der Waals surface area contributed by atoms with Crippen molar-refractivity contribution in [3.63, 3.8) is 0 Å². The quantitative estimate of drug-likeness (QED) is 0.632. The number of ether oxygens (including phenoxy) is 2. The molecule has 1 aromatic heterocycles. The minimum absolute atomic E-state index is 0.678. The van der Waals surface area contributed by atoms with Gasteiger partial charge in [-0.05, 0) is 38.4 Å². The standard InChI is InChI=1S/C13H22N2O2/c1-2-16-10-4-3-7-14-9-11-17-13-6-5-8-15-12-13/h5-6,8,12,14H,2-4,7,9-11H2,1H3. The average Bonchev–Trinajstić information content (AvgIpc) is 2.38. The summed E-state index contributed by atoms with van der Waals surface area (Å²) in [4.78, 5) is 3.98. The predicted octanol–water partition coefficient (Wildman–Crippen LogP) is 1.87. The van der Waals surface area contributed by atoms with E-state index < -0.39 is 0 Å². The highest BCUT2D eigenvalue weighted by molar-refractivity contribution is 5.15. The lowest BCUT2D eigenvalue weighted by Gasteiger charge is -2.07. The molecule has 0 saturated heterocycles. The maximum atomic E-state index is 5.50. The lowest BCUT2D eigenvalue weighted by atomic mass is 10.3. The molecule has 0 aromatic carbocycles. The number of hydrogen-bond donors (Lipinski definition) is 1. The van der Waals surface area contributed by atoms with Crippen molar-refractivity contribution in [1.29, 1.82) is 0 Å². The first kappa shape index (κ1) is 13.9. The summed E-state index contributed by atoms with van der Waals surface area (Å²) in [5.41, 5.74) is 0. The minimum Gasteiger partial charge on any atom is -0.491 e. The van der Waals surface area contributed by atoms with Crippen molar-refractivity contribution in [3.05, 3.63) is 24.5 Å². The molecule has 0 radical (unpaired) electrons. The second kappa shape index (κ2) is 10.1. The largest absolute Gasteiger partial charge is 0.491 e. The summed E-state index contributed by atoms with van der Waals surface area (Å²) in [6.45, 7) is 6.26. The fraction of sp³-hybridized carbons (Fsp3) is 0.615. The molecule has 0 amide bonds. The summed E-state index contributed by atoms with van der Waals surface area (Å²) < 4.78 is 10.8. The molecule has 0 aliphatic carbocycles. The topological polar surface area (TPSA) is 43.4 Å². The van der Waals surface area contributed by atoms with Crippen LogP contribution in [0.3, 0.4) is 0 Å². The van der Waals surface area contributed by atoms with E-state index in [-0.39, 0.29) is 0 Å². The van der Waals surface area contributed by atoms with E-state index in [2.05, 4.69) is 10.3 Å². The van der Waals surface area contributed by atoms with Crippen molar-refractivity contribution >= 4 is 0 Å². The van der Waals surface area contributed by atoms with Crippen LogP contribution in [-0.4, -0.2) is 37.9 Å². The number of rotatable bonds is 10. The second-order valence-electron chi connectivity index (χ2n) is 3.69. The van der Waals surface area contributed by atoms with Gasteiger partial charge in [0.25, 0.3) is 0 Å². The van der Waals surface area contributed by atoms with Gasteiger partial charge in [0.1, 0.15) is 12.4 Å². The maximum absolute atomic E-state index is 5.50. The van der Waals surface area contributed by atoms with Gasteiger partial charge in [0.15, 0.2) is 0 Å². The molecule has 0 fully saturated rings. The van der Waals surface area contributed by atoms with Crippen LogP contribution in [0.2, 0.25) is 0 Å². The summed E-state index contributed by atoms with van der Waals surface area (Å²) in [6.07, 6.45) is 5.72. The van der Waals surface area contributed by atoms with Gasteiger partial charge < -0.3 is 14.8 Å². The first-order valence-corrected chi connectivity index (χ1v) is 6.24. The summed E-state index contributed by atoms with van der Waals surface area (Å²) in [6, 6.07) is 3.78. The molecule has 0 saturated carbocycles. The monoisotopic (exact) mass is 238 g/mol. The Morgan fingerprint density at radius 3 is 2.94 bits per heavy atom. The van der Waals surface area contributed by atoms with E-state index in [0.29, 0.717) is 6.61 Å². The van der Waals surface area contributed by atoms with Crippen LogP contribution >= 0.6 is 0 Å². The molecule has 96 valence electrons. The van der Waals surface area contributed by atoms with Crippen LogP contribution in [-0.2, 0) is 4.74 Å². The zero-order valence-electron chi connectivity index (χ0n) is 10.5. The number of pyridine rings is 1. The van der Waals surface area contributed by atoms with E-state index in [9.17, 15) is 0 Å². The average molecular weight is 238 g/mol. The summed E-state index contributed by atoms with van der Waals surface area (Å²) >= 11 is 0. The Bertz CT molecular complexity index is 267. The molecular formula is C13H22N2O2. The van der Waals surface area contributed by atoms with E-state index in [0.717, 1.165) is 44.9 Å². The normalized spacial score (nSPS) is 10.4.